The molecule has 78 valence electrons. The number of rotatable bonds is 3. The van der Waals surface area contributed by atoms with Gasteiger partial charge in [0.25, 0.3) is 0 Å². The molecule has 1 aromatic rings. The van der Waals surface area contributed by atoms with Crippen LogP contribution in [0.15, 0.2) is 24.3 Å². The lowest BCUT2D eigenvalue weighted by Gasteiger charge is -2.06. The third-order valence-corrected chi connectivity index (χ3v) is 2.33. The zero-order valence-corrected chi connectivity index (χ0v) is 9.91. The van der Waals surface area contributed by atoms with Gasteiger partial charge in [-0.3, -0.25) is 4.79 Å². The Kier molecular flexibility index (Phi) is 4.32. The molecule has 0 aliphatic carbocycles. The summed E-state index contributed by atoms with van der Waals surface area (Å²) >= 11 is 3.18. The van der Waals surface area contributed by atoms with Crippen molar-refractivity contribution in [2.75, 3.05) is 0 Å². The fourth-order valence-electron chi connectivity index (χ4n) is 1.03. The van der Waals surface area contributed by atoms with Crippen molar-refractivity contribution in [3.05, 3.63) is 35.4 Å². The van der Waals surface area contributed by atoms with Gasteiger partial charge < -0.3 is 5.32 Å². The van der Waals surface area contributed by atoms with E-state index in [1.807, 2.05) is 18.2 Å². The smallest absolute Gasteiger partial charge is 0.233 e. The Hall–Kier alpha value is -1.34. The van der Waals surface area contributed by atoms with E-state index in [-0.39, 0.29) is 10.7 Å². The van der Waals surface area contributed by atoms with Crippen molar-refractivity contribution in [1.82, 2.24) is 5.32 Å². The number of amides is 1. The van der Waals surface area contributed by atoms with Crippen LogP contribution in [-0.2, 0) is 11.3 Å². The maximum Gasteiger partial charge on any atom is 0.233 e. The van der Waals surface area contributed by atoms with Crippen molar-refractivity contribution < 1.29 is 4.79 Å². The first kappa shape index (κ1) is 11.7. The van der Waals surface area contributed by atoms with E-state index in [1.54, 1.807) is 19.1 Å². The molecule has 0 aliphatic heterocycles. The van der Waals surface area contributed by atoms with Gasteiger partial charge in [-0.15, -0.1) is 0 Å². The Bertz CT molecular complexity index is 379. The molecule has 0 radical (unpaired) electrons. The summed E-state index contributed by atoms with van der Waals surface area (Å²) in [5, 5.41) is 11.4. The molecule has 0 heterocycles. The maximum absolute atomic E-state index is 11.2. The summed E-state index contributed by atoms with van der Waals surface area (Å²) in [5.74, 6) is -0.0423. The van der Waals surface area contributed by atoms with Crippen molar-refractivity contribution >= 4 is 21.8 Å². The van der Waals surface area contributed by atoms with Crippen molar-refractivity contribution in [1.29, 1.82) is 5.26 Å². The van der Waals surface area contributed by atoms with Crippen LogP contribution in [0.25, 0.3) is 0 Å². The Morgan fingerprint density at radius 3 is 2.60 bits per heavy atom. The van der Waals surface area contributed by atoms with E-state index in [9.17, 15) is 4.79 Å². The van der Waals surface area contributed by atoms with E-state index in [2.05, 4.69) is 21.2 Å². The number of nitrogens with zero attached hydrogens (tertiary/aromatic N) is 1. The molecule has 0 fully saturated rings. The minimum absolute atomic E-state index is 0.0423. The molecule has 1 rings (SSSR count). The molecule has 1 atom stereocenters. The Labute approximate surface area is 97.2 Å². The van der Waals surface area contributed by atoms with Crippen LogP contribution < -0.4 is 5.32 Å². The van der Waals surface area contributed by atoms with Gasteiger partial charge in [0.1, 0.15) is 0 Å². The standard InChI is InChI=1S/C11H11BrN2O/c1-8(12)11(15)14-7-10-4-2-9(6-13)3-5-10/h2-5,8H,7H2,1H3,(H,14,15). The van der Waals surface area contributed by atoms with Crippen molar-refractivity contribution in [3.63, 3.8) is 0 Å². The number of halogens is 1. The second-order valence-electron chi connectivity index (χ2n) is 3.14. The van der Waals surface area contributed by atoms with E-state index < -0.39 is 0 Å². The summed E-state index contributed by atoms with van der Waals surface area (Å²) in [6.45, 7) is 2.26. The lowest BCUT2D eigenvalue weighted by atomic mass is 10.1. The van der Waals surface area contributed by atoms with Crippen molar-refractivity contribution in [3.8, 4) is 6.07 Å². The van der Waals surface area contributed by atoms with Crippen LogP contribution in [0.1, 0.15) is 18.1 Å². The number of carbonyl (C=O) groups excluding carboxylic acids is 1. The molecule has 0 saturated carbocycles. The second-order valence-corrected chi connectivity index (χ2v) is 4.52. The monoisotopic (exact) mass is 266 g/mol. The van der Waals surface area contributed by atoms with Gasteiger partial charge >= 0.3 is 0 Å². The van der Waals surface area contributed by atoms with Crippen LogP contribution in [-0.4, -0.2) is 10.7 Å². The van der Waals surface area contributed by atoms with Crippen LogP contribution in [0.3, 0.4) is 0 Å². The van der Waals surface area contributed by atoms with E-state index in [0.29, 0.717) is 12.1 Å². The average molecular weight is 267 g/mol. The highest BCUT2D eigenvalue weighted by molar-refractivity contribution is 9.10. The lowest BCUT2D eigenvalue weighted by molar-refractivity contribution is -0.120. The fourth-order valence-corrected chi connectivity index (χ4v) is 1.19. The number of alkyl halides is 1. The number of nitriles is 1. The maximum atomic E-state index is 11.2. The summed E-state index contributed by atoms with van der Waals surface area (Å²) < 4.78 is 0. The van der Waals surface area contributed by atoms with Gasteiger partial charge in [0, 0.05) is 6.54 Å². The number of carbonyl (C=O) groups is 1. The van der Waals surface area contributed by atoms with Gasteiger partial charge in [0.2, 0.25) is 5.91 Å². The summed E-state index contributed by atoms with van der Waals surface area (Å²) in [7, 11) is 0. The van der Waals surface area contributed by atoms with E-state index in [0.717, 1.165) is 5.56 Å². The van der Waals surface area contributed by atoms with Gasteiger partial charge in [-0.1, -0.05) is 28.1 Å². The SMILES string of the molecule is CC(Br)C(=O)NCc1ccc(C#N)cc1. The molecule has 0 bridgehead atoms. The summed E-state index contributed by atoms with van der Waals surface area (Å²) in [6.07, 6.45) is 0. The molecule has 0 aliphatic rings. The third-order valence-electron chi connectivity index (χ3n) is 1.91. The quantitative estimate of drug-likeness (QED) is 0.851. The van der Waals surface area contributed by atoms with Gasteiger partial charge in [0.05, 0.1) is 16.5 Å². The van der Waals surface area contributed by atoms with Gasteiger partial charge in [-0.2, -0.15) is 5.26 Å². The molecule has 0 spiro atoms. The molecular formula is C11H11BrN2O. The Morgan fingerprint density at radius 2 is 2.13 bits per heavy atom. The molecular weight excluding hydrogens is 256 g/mol. The van der Waals surface area contributed by atoms with Gasteiger partial charge in [0.15, 0.2) is 0 Å². The lowest BCUT2D eigenvalue weighted by Crippen LogP contribution is -2.28. The summed E-state index contributed by atoms with van der Waals surface area (Å²) in [6, 6.07) is 9.17. The molecule has 15 heavy (non-hydrogen) atoms. The minimum atomic E-state index is -0.184. The van der Waals surface area contributed by atoms with Crippen molar-refractivity contribution in [2.24, 2.45) is 0 Å². The van der Waals surface area contributed by atoms with Crippen LogP contribution in [0.4, 0.5) is 0 Å². The van der Waals surface area contributed by atoms with Crippen LogP contribution in [0.5, 0.6) is 0 Å². The highest BCUT2D eigenvalue weighted by Crippen LogP contribution is 2.03. The number of benzene rings is 1. The Morgan fingerprint density at radius 1 is 1.53 bits per heavy atom. The minimum Gasteiger partial charge on any atom is -0.351 e. The van der Waals surface area contributed by atoms with Crippen LogP contribution in [0, 0.1) is 11.3 Å². The molecule has 0 saturated heterocycles. The highest BCUT2D eigenvalue weighted by atomic mass is 79.9. The van der Waals surface area contributed by atoms with Crippen molar-refractivity contribution in [2.45, 2.75) is 18.3 Å². The topological polar surface area (TPSA) is 52.9 Å². The zero-order valence-electron chi connectivity index (χ0n) is 8.33. The molecule has 1 unspecified atom stereocenters. The first-order chi connectivity index (χ1) is 7.13. The van der Waals surface area contributed by atoms with Crippen LogP contribution in [0.2, 0.25) is 0 Å². The predicted octanol–water partition coefficient (Wildman–Crippen LogP) is 1.96. The average Bonchev–Trinajstić information content (AvgIpc) is 2.26. The molecule has 1 aromatic carbocycles. The normalized spacial score (nSPS) is 11.5. The van der Waals surface area contributed by atoms with E-state index in [4.69, 9.17) is 5.26 Å². The fraction of sp³-hybridized carbons (Fsp3) is 0.273. The van der Waals surface area contributed by atoms with Crippen LogP contribution >= 0.6 is 15.9 Å². The first-order valence-corrected chi connectivity index (χ1v) is 5.46. The van der Waals surface area contributed by atoms with E-state index >= 15 is 0 Å². The summed E-state index contributed by atoms with van der Waals surface area (Å²) in [4.78, 5) is 11.0. The summed E-state index contributed by atoms with van der Waals surface area (Å²) in [5.41, 5.74) is 1.61. The molecule has 4 heteroatoms. The molecule has 3 nitrogen and oxygen atoms in total. The first-order valence-electron chi connectivity index (χ1n) is 4.54. The van der Waals surface area contributed by atoms with Gasteiger partial charge in [-0.05, 0) is 24.6 Å². The zero-order chi connectivity index (χ0) is 11.3. The number of hydrogen-bond donors (Lipinski definition) is 1. The number of nitrogens with one attached hydrogen (secondary N) is 1. The largest absolute Gasteiger partial charge is 0.351 e. The molecule has 1 N–H and O–H groups in total. The molecule has 0 aromatic heterocycles. The number of hydrogen-bond acceptors (Lipinski definition) is 2. The predicted molar refractivity (Wildman–Crippen MR) is 61.4 cm³/mol. The van der Waals surface area contributed by atoms with Gasteiger partial charge in [-0.25, -0.2) is 0 Å². The third kappa shape index (κ3) is 3.72. The highest BCUT2D eigenvalue weighted by Gasteiger charge is 2.07. The second kappa shape index (κ2) is 5.52. The molecule has 1 amide bonds. The Balaban J connectivity index is 2.52. The van der Waals surface area contributed by atoms with E-state index in [1.165, 1.54) is 0 Å².